The number of hydrogen-bond acceptors (Lipinski definition) is 3. The fourth-order valence-electron chi connectivity index (χ4n) is 3.57. The smallest absolute Gasteiger partial charge is 0.225 e. The summed E-state index contributed by atoms with van der Waals surface area (Å²) in [6, 6.07) is 5.69. The Morgan fingerprint density at radius 2 is 1.74 bits per heavy atom. The molecule has 3 rings (SSSR count). The standard InChI is InChI=1S/C18H23FN2O2/c19-16-5-3-13(4-6-16)17(22)15-2-1-11-21(12-15)18(23)14-7-9-20-10-8-14/h3-6,14-15,20H,1-2,7-12H2. The second-order valence-corrected chi connectivity index (χ2v) is 6.52. The Bertz CT molecular complexity index is 567. The minimum atomic E-state index is -0.340. The van der Waals surface area contributed by atoms with E-state index in [0.717, 1.165) is 45.3 Å². The highest BCUT2D eigenvalue weighted by Crippen LogP contribution is 2.24. The summed E-state index contributed by atoms with van der Waals surface area (Å²) in [6.45, 7) is 3.03. The number of likely N-dealkylation sites (tertiary alicyclic amines) is 1. The predicted octanol–water partition coefficient (Wildman–Crippen LogP) is 2.25. The van der Waals surface area contributed by atoms with Crippen molar-refractivity contribution in [3.63, 3.8) is 0 Å². The van der Waals surface area contributed by atoms with Crippen molar-refractivity contribution in [2.75, 3.05) is 26.2 Å². The third-order valence-electron chi connectivity index (χ3n) is 4.92. The number of Topliss-reactive ketones (excluding diaryl/α,β-unsaturated/α-hetero) is 1. The van der Waals surface area contributed by atoms with Crippen molar-refractivity contribution in [3.8, 4) is 0 Å². The van der Waals surface area contributed by atoms with E-state index >= 15 is 0 Å². The molecular weight excluding hydrogens is 295 g/mol. The summed E-state index contributed by atoms with van der Waals surface area (Å²) < 4.78 is 13.0. The highest BCUT2D eigenvalue weighted by atomic mass is 19.1. The third-order valence-corrected chi connectivity index (χ3v) is 4.92. The Labute approximate surface area is 136 Å². The molecule has 0 aliphatic carbocycles. The maximum atomic E-state index is 13.0. The van der Waals surface area contributed by atoms with Crippen LogP contribution in [0.1, 0.15) is 36.0 Å². The van der Waals surface area contributed by atoms with Crippen molar-refractivity contribution in [2.24, 2.45) is 11.8 Å². The summed E-state index contributed by atoms with van der Waals surface area (Å²) in [4.78, 5) is 27.1. The Morgan fingerprint density at radius 1 is 1.04 bits per heavy atom. The molecule has 1 unspecified atom stereocenters. The number of nitrogens with zero attached hydrogens (tertiary/aromatic N) is 1. The van der Waals surface area contributed by atoms with Gasteiger partial charge in [-0.15, -0.1) is 0 Å². The van der Waals surface area contributed by atoms with E-state index in [0.29, 0.717) is 12.1 Å². The minimum Gasteiger partial charge on any atom is -0.342 e. The van der Waals surface area contributed by atoms with Crippen LogP contribution in [0.2, 0.25) is 0 Å². The third kappa shape index (κ3) is 3.78. The molecule has 2 heterocycles. The summed E-state index contributed by atoms with van der Waals surface area (Å²) in [7, 11) is 0. The van der Waals surface area contributed by atoms with Crippen molar-refractivity contribution in [2.45, 2.75) is 25.7 Å². The molecule has 1 aromatic rings. The zero-order valence-corrected chi connectivity index (χ0v) is 13.3. The van der Waals surface area contributed by atoms with Crippen LogP contribution in [0.15, 0.2) is 24.3 Å². The van der Waals surface area contributed by atoms with E-state index in [1.54, 1.807) is 0 Å². The quantitative estimate of drug-likeness (QED) is 0.870. The summed E-state index contributed by atoms with van der Waals surface area (Å²) >= 11 is 0. The molecular formula is C18H23FN2O2. The van der Waals surface area contributed by atoms with Crippen molar-refractivity contribution in [1.82, 2.24) is 10.2 Å². The van der Waals surface area contributed by atoms with Gasteiger partial charge in [-0.2, -0.15) is 0 Å². The second kappa shape index (κ2) is 7.21. The Hall–Kier alpha value is -1.75. The lowest BCUT2D eigenvalue weighted by atomic mass is 9.88. The highest BCUT2D eigenvalue weighted by molar-refractivity contribution is 5.98. The van der Waals surface area contributed by atoms with Crippen molar-refractivity contribution in [1.29, 1.82) is 0 Å². The Morgan fingerprint density at radius 3 is 2.43 bits per heavy atom. The van der Waals surface area contributed by atoms with Crippen LogP contribution in [0, 0.1) is 17.7 Å². The normalized spacial score (nSPS) is 22.8. The first-order chi connectivity index (χ1) is 11.1. The lowest BCUT2D eigenvalue weighted by molar-refractivity contribution is -0.137. The molecule has 0 bridgehead atoms. The number of carbonyl (C=O) groups excluding carboxylic acids is 2. The molecule has 124 valence electrons. The van der Waals surface area contributed by atoms with Gasteiger partial charge in [0, 0.05) is 30.5 Å². The lowest BCUT2D eigenvalue weighted by Gasteiger charge is -2.35. The number of piperidine rings is 2. The van der Waals surface area contributed by atoms with Gasteiger partial charge in [-0.3, -0.25) is 9.59 Å². The van der Waals surface area contributed by atoms with E-state index in [2.05, 4.69) is 5.32 Å². The van der Waals surface area contributed by atoms with E-state index in [1.807, 2.05) is 4.90 Å². The van der Waals surface area contributed by atoms with Gasteiger partial charge in [0.15, 0.2) is 5.78 Å². The largest absolute Gasteiger partial charge is 0.342 e. The molecule has 1 atom stereocenters. The Balaban J connectivity index is 1.64. The molecule has 2 aliphatic heterocycles. The van der Waals surface area contributed by atoms with Gasteiger partial charge in [0.05, 0.1) is 0 Å². The first-order valence-electron chi connectivity index (χ1n) is 8.44. The van der Waals surface area contributed by atoms with Gasteiger partial charge in [-0.05, 0) is 63.0 Å². The average Bonchev–Trinajstić information content (AvgIpc) is 2.62. The average molecular weight is 318 g/mol. The highest BCUT2D eigenvalue weighted by Gasteiger charge is 2.32. The maximum Gasteiger partial charge on any atom is 0.225 e. The summed E-state index contributed by atoms with van der Waals surface area (Å²) in [5, 5.41) is 3.27. The number of benzene rings is 1. The number of rotatable bonds is 3. The molecule has 0 saturated carbocycles. The van der Waals surface area contributed by atoms with Crippen LogP contribution >= 0.6 is 0 Å². The minimum absolute atomic E-state index is 0.0211. The number of nitrogens with one attached hydrogen (secondary N) is 1. The number of halogens is 1. The molecule has 1 N–H and O–H groups in total. The van der Waals surface area contributed by atoms with Gasteiger partial charge in [0.2, 0.25) is 5.91 Å². The zero-order chi connectivity index (χ0) is 16.2. The number of ketones is 1. The molecule has 0 spiro atoms. The molecule has 0 radical (unpaired) electrons. The monoisotopic (exact) mass is 318 g/mol. The first-order valence-corrected chi connectivity index (χ1v) is 8.44. The molecule has 1 aromatic carbocycles. The molecule has 0 aromatic heterocycles. The van der Waals surface area contributed by atoms with Crippen molar-refractivity contribution >= 4 is 11.7 Å². The van der Waals surface area contributed by atoms with Crippen LogP contribution in [0.5, 0.6) is 0 Å². The topological polar surface area (TPSA) is 49.4 Å². The summed E-state index contributed by atoms with van der Waals surface area (Å²) in [5.41, 5.74) is 0.535. The first kappa shape index (κ1) is 16.1. The van der Waals surface area contributed by atoms with Crippen LogP contribution in [0.3, 0.4) is 0 Å². The van der Waals surface area contributed by atoms with Crippen LogP contribution < -0.4 is 5.32 Å². The van der Waals surface area contributed by atoms with Gasteiger partial charge >= 0.3 is 0 Å². The maximum absolute atomic E-state index is 13.0. The number of amides is 1. The van der Waals surface area contributed by atoms with Crippen LogP contribution in [0.4, 0.5) is 4.39 Å². The molecule has 4 nitrogen and oxygen atoms in total. The van der Waals surface area contributed by atoms with Gasteiger partial charge in [0.1, 0.15) is 5.82 Å². The van der Waals surface area contributed by atoms with Crippen molar-refractivity contribution in [3.05, 3.63) is 35.6 Å². The van der Waals surface area contributed by atoms with Gasteiger partial charge in [0.25, 0.3) is 0 Å². The molecule has 1 amide bonds. The van der Waals surface area contributed by atoms with E-state index in [1.165, 1.54) is 24.3 Å². The summed E-state index contributed by atoms with van der Waals surface area (Å²) in [6.07, 6.45) is 3.42. The Kier molecular flexibility index (Phi) is 5.06. The number of hydrogen-bond donors (Lipinski definition) is 1. The zero-order valence-electron chi connectivity index (χ0n) is 13.3. The van der Waals surface area contributed by atoms with E-state index in [-0.39, 0.29) is 29.3 Å². The van der Waals surface area contributed by atoms with E-state index in [9.17, 15) is 14.0 Å². The second-order valence-electron chi connectivity index (χ2n) is 6.52. The predicted molar refractivity (Wildman–Crippen MR) is 85.6 cm³/mol. The fraction of sp³-hybridized carbons (Fsp3) is 0.556. The SMILES string of the molecule is O=C(c1ccc(F)cc1)C1CCCN(C(=O)C2CCNCC2)C1. The van der Waals surface area contributed by atoms with Gasteiger partial charge in [-0.25, -0.2) is 4.39 Å². The van der Waals surface area contributed by atoms with Crippen molar-refractivity contribution < 1.29 is 14.0 Å². The summed E-state index contributed by atoms with van der Waals surface area (Å²) in [5.74, 6) is -0.195. The van der Waals surface area contributed by atoms with Gasteiger partial charge < -0.3 is 10.2 Å². The van der Waals surface area contributed by atoms with E-state index < -0.39 is 0 Å². The van der Waals surface area contributed by atoms with Crippen LogP contribution in [-0.4, -0.2) is 42.8 Å². The molecule has 5 heteroatoms. The van der Waals surface area contributed by atoms with Crippen LogP contribution in [-0.2, 0) is 4.79 Å². The van der Waals surface area contributed by atoms with E-state index in [4.69, 9.17) is 0 Å². The lowest BCUT2D eigenvalue weighted by Crippen LogP contribution is -2.46. The van der Waals surface area contributed by atoms with Gasteiger partial charge in [-0.1, -0.05) is 0 Å². The molecule has 2 fully saturated rings. The molecule has 23 heavy (non-hydrogen) atoms. The molecule has 2 aliphatic rings. The fourth-order valence-corrected chi connectivity index (χ4v) is 3.57. The van der Waals surface area contributed by atoms with Crippen LogP contribution in [0.25, 0.3) is 0 Å². The molecule has 2 saturated heterocycles. The number of carbonyl (C=O) groups is 2.